The van der Waals surface area contributed by atoms with E-state index in [2.05, 4.69) is 38.1 Å². The Kier molecular flexibility index (Phi) is 7.13. The zero-order chi connectivity index (χ0) is 24.9. The number of thiocarbonyl (C=S) groups is 1. The van der Waals surface area contributed by atoms with Crippen molar-refractivity contribution in [1.82, 2.24) is 19.8 Å². The van der Waals surface area contributed by atoms with Crippen molar-refractivity contribution < 1.29 is 9.21 Å². The van der Waals surface area contributed by atoms with Crippen molar-refractivity contribution in [3.63, 3.8) is 0 Å². The molecule has 2 atom stereocenters. The first-order valence-corrected chi connectivity index (χ1v) is 12.6. The molecule has 5 rings (SSSR count). The maximum atomic E-state index is 12.9. The third-order valence-corrected chi connectivity index (χ3v) is 6.88. The quantitative estimate of drug-likeness (QED) is 0.313. The fraction of sp³-hybridized carbons (Fsp3) is 0.250. The second kappa shape index (κ2) is 10.8. The molecule has 1 fully saturated rings. The average molecular weight is 500 g/mol. The van der Waals surface area contributed by atoms with E-state index >= 15 is 0 Å². The van der Waals surface area contributed by atoms with Gasteiger partial charge in [-0.3, -0.25) is 9.78 Å². The number of furan rings is 1. The first kappa shape index (κ1) is 23.8. The van der Waals surface area contributed by atoms with Gasteiger partial charge in [-0.25, -0.2) is 0 Å². The zero-order valence-corrected chi connectivity index (χ0v) is 20.9. The number of benzene rings is 1. The molecule has 3 aromatic heterocycles. The molecule has 0 saturated carbocycles. The highest BCUT2D eigenvalue weighted by Crippen LogP contribution is 2.39. The van der Waals surface area contributed by atoms with Gasteiger partial charge in [0, 0.05) is 36.7 Å². The minimum absolute atomic E-state index is 0.0373. The van der Waals surface area contributed by atoms with Gasteiger partial charge in [0.15, 0.2) is 5.11 Å². The Morgan fingerprint density at radius 1 is 1.11 bits per heavy atom. The molecule has 0 unspecified atom stereocenters. The zero-order valence-electron chi connectivity index (χ0n) is 20.1. The number of aryl methyl sites for hydroxylation is 1. The molecule has 1 saturated heterocycles. The van der Waals surface area contributed by atoms with E-state index in [9.17, 15) is 4.79 Å². The lowest BCUT2D eigenvalue weighted by atomic mass is 10.0. The highest BCUT2D eigenvalue weighted by atomic mass is 32.1. The second-order valence-electron chi connectivity index (χ2n) is 8.77. The van der Waals surface area contributed by atoms with E-state index < -0.39 is 0 Å². The number of hydrogen-bond acceptors (Lipinski definition) is 4. The number of amides is 1. The summed E-state index contributed by atoms with van der Waals surface area (Å²) >= 11 is 5.78. The Morgan fingerprint density at radius 3 is 2.75 bits per heavy atom. The van der Waals surface area contributed by atoms with Crippen LogP contribution in [0.4, 0.5) is 5.69 Å². The van der Waals surface area contributed by atoms with Gasteiger partial charge in [0.1, 0.15) is 5.76 Å². The molecule has 4 aromatic rings. The molecule has 2 N–H and O–H groups in total. The predicted octanol–water partition coefficient (Wildman–Crippen LogP) is 5.09. The average Bonchev–Trinajstić information content (AvgIpc) is 3.65. The number of pyridine rings is 1. The number of aromatic nitrogens is 2. The van der Waals surface area contributed by atoms with Crippen LogP contribution < -0.4 is 10.6 Å². The maximum Gasteiger partial charge on any atom is 0.226 e. The molecular weight excluding hydrogens is 470 g/mol. The SMILES string of the molecule is CCc1ccccc1NC(=O)CCN1C(=S)N[C@@H](c2ccccn2)[C@@H]1c1cccn1Cc1ccco1. The molecule has 0 radical (unpaired) electrons. The summed E-state index contributed by atoms with van der Waals surface area (Å²) in [6.07, 6.45) is 6.69. The van der Waals surface area contributed by atoms with E-state index in [1.165, 1.54) is 0 Å². The lowest BCUT2D eigenvalue weighted by Crippen LogP contribution is -2.33. The van der Waals surface area contributed by atoms with Crippen LogP contribution in [0.1, 0.15) is 48.1 Å². The molecule has 1 aliphatic heterocycles. The summed E-state index contributed by atoms with van der Waals surface area (Å²) in [7, 11) is 0. The summed E-state index contributed by atoms with van der Waals surface area (Å²) < 4.78 is 7.76. The van der Waals surface area contributed by atoms with Crippen LogP contribution in [0, 0.1) is 0 Å². The Bertz CT molecular complexity index is 1320. The maximum absolute atomic E-state index is 12.9. The van der Waals surface area contributed by atoms with E-state index in [0.717, 1.165) is 34.8 Å². The lowest BCUT2D eigenvalue weighted by Gasteiger charge is -2.28. The number of nitrogens with one attached hydrogen (secondary N) is 2. The van der Waals surface area contributed by atoms with E-state index in [0.29, 0.717) is 24.6 Å². The standard InChI is InChI=1S/C28H29N5O2S/c1-2-20-9-3-4-11-22(20)30-25(34)14-17-33-27(26(31-28(33)36)23-12-5-6-15-29-23)24-13-7-16-32(24)19-21-10-8-18-35-21/h3-13,15-16,18,26-27H,2,14,17,19H2,1H3,(H,30,34)(H,31,36)/t26-,27-/m0/s1. The number of rotatable bonds is 9. The molecule has 1 aliphatic rings. The van der Waals surface area contributed by atoms with Crippen molar-refractivity contribution in [2.75, 3.05) is 11.9 Å². The lowest BCUT2D eigenvalue weighted by molar-refractivity contribution is -0.116. The smallest absolute Gasteiger partial charge is 0.226 e. The van der Waals surface area contributed by atoms with Crippen molar-refractivity contribution in [3.05, 3.63) is 108 Å². The number of hydrogen-bond donors (Lipinski definition) is 2. The van der Waals surface area contributed by atoms with Gasteiger partial charge in [-0.15, -0.1) is 0 Å². The van der Waals surface area contributed by atoms with Crippen molar-refractivity contribution in [3.8, 4) is 0 Å². The van der Waals surface area contributed by atoms with Crippen LogP contribution in [-0.4, -0.2) is 32.0 Å². The molecule has 4 heterocycles. The van der Waals surface area contributed by atoms with Crippen molar-refractivity contribution >= 4 is 28.9 Å². The van der Waals surface area contributed by atoms with Crippen LogP contribution in [0.15, 0.2) is 89.8 Å². The molecule has 0 aliphatic carbocycles. The molecule has 36 heavy (non-hydrogen) atoms. The molecule has 8 heteroatoms. The van der Waals surface area contributed by atoms with Gasteiger partial charge in [0.25, 0.3) is 0 Å². The van der Waals surface area contributed by atoms with Crippen LogP contribution in [0.5, 0.6) is 0 Å². The van der Waals surface area contributed by atoms with Crippen LogP contribution in [-0.2, 0) is 17.8 Å². The normalized spacial score (nSPS) is 17.2. The Labute approximate surface area is 216 Å². The fourth-order valence-electron chi connectivity index (χ4n) is 4.76. The van der Waals surface area contributed by atoms with Gasteiger partial charge in [-0.1, -0.05) is 31.2 Å². The van der Waals surface area contributed by atoms with Crippen molar-refractivity contribution in [1.29, 1.82) is 0 Å². The van der Waals surface area contributed by atoms with Gasteiger partial charge < -0.3 is 24.5 Å². The molecule has 1 aromatic carbocycles. The number of carbonyl (C=O) groups is 1. The predicted molar refractivity (Wildman–Crippen MR) is 143 cm³/mol. The summed E-state index contributed by atoms with van der Waals surface area (Å²) in [6.45, 7) is 3.17. The molecule has 0 bridgehead atoms. The van der Waals surface area contributed by atoms with E-state index in [1.54, 1.807) is 12.5 Å². The summed E-state index contributed by atoms with van der Waals surface area (Å²) in [5.74, 6) is 0.834. The summed E-state index contributed by atoms with van der Waals surface area (Å²) in [6, 6.07) is 21.5. The second-order valence-corrected chi connectivity index (χ2v) is 9.16. The summed E-state index contributed by atoms with van der Waals surface area (Å²) in [5.41, 5.74) is 3.96. The number of carbonyl (C=O) groups excluding carboxylic acids is 1. The van der Waals surface area contributed by atoms with E-state index in [-0.39, 0.29) is 18.0 Å². The van der Waals surface area contributed by atoms with Gasteiger partial charge in [0.05, 0.1) is 30.6 Å². The van der Waals surface area contributed by atoms with Gasteiger partial charge in [-0.2, -0.15) is 0 Å². The van der Waals surface area contributed by atoms with Crippen LogP contribution in [0.25, 0.3) is 0 Å². The third-order valence-electron chi connectivity index (χ3n) is 6.52. The fourth-order valence-corrected chi connectivity index (χ4v) is 5.10. The van der Waals surface area contributed by atoms with E-state index in [4.69, 9.17) is 16.6 Å². The number of anilines is 1. The van der Waals surface area contributed by atoms with Gasteiger partial charge in [-0.05, 0) is 66.7 Å². The third kappa shape index (κ3) is 5.04. The molecule has 1 amide bonds. The highest BCUT2D eigenvalue weighted by Gasteiger charge is 2.41. The van der Waals surface area contributed by atoms with Crippen LogP contribution in [0.3, 0.4) is 0 Å². The molecule has 184 valence electrons. The molecule has 0 spiro atoms. The number of nitrogens with zero attached hydrogens (tertiary/aromatic N) is 3. The largest absolute Gasteiger partial charge is 0.467 e. The topological polar surface area (TPSA) is 75.3 Å². The van der Waals surface area contributed by atoms with Crippen LogP contribution in [0.2, 0.25) is 0 Å². The first-order chi connectivity index (χ1) is 17.6. The summed E-state index contributed by atoms with van der Waals surface area (Å²) in [5, 5.41) is 7.15. The van der Waals surface area contributed by atoms with Gasteiger partial charge in [0.2, 0.25) is 5.91 Å². The minimum Gasteiger partial charge on any atom is -0.467 e. The van der Waals surface area contributed by atoms with E-state index in [1.807, 2.05) is 66.9 Å². The Morgan fingerprint density at radius 2 is 1.97 bits per heavy atom. The van der Waals surface area contributed by atoms with Crippen molar-refractivity contribution in [2.24, 2.45) is 0 Å². The molecular formula is C28H29N5O2S. The van der Waals surface area contributed by atoms with Crippen molar-refractivity contribution in [2.45, 2.75) is 38.4 Å². The Balaban J connectivity index is 1.39. The summed E-state index contributed by atoms with van der Waals surface area (Å²) in [4.78, 5) is 19.7. The first-order valence-electron chi connectivity index (χ1n) is 12.2. The molecule has 7 nitrogen and oxygen atoms in total. The monoisotopic (exact) mass is 499 g/mol. The van der Waals surface area contributed by atoms with Crippen LogP contribution >= 0.6 is 12.2 Å². The number of para-hydroxylation sites is 1. The highest BCUT2D eigenvalue weighted by molar-refractivity contribution is 7.80. The Hall–Kier alpha value is -3.91. The minimum atomic E-state index is -0.146. The van der Waals surface area contributed by atoms with Gasteiger partial charge >= 0.3 is 0 Å².